The summed E-state index contributed by atoms with van der Waals surface area (Å²) >= 11 is 0. The van der Waals surface area contributed by atoms with Crippen LogP contribution in [0.15, 0.2) is 42.6 Å². The van der Waals surface area contributed by atoms with Crippen LogP contribution in [0.3, 0.4) is 0 Å². The molecule has 2 rings (SSSR count). The van der Waals surface area contributed by atoms with E-state index in [1.165, 1.54) is 0 Å². The summed E-state index contributed by atoms with van der Waals surface area (Å²) in [6.07, 6.45) is 2.55. The molecule has 1 aromatic carbocycles. The molecule has 1 heterocycles. The molecule has 0 bridgehead atoms. The number of aromatic nitrogens is 1. The SMILES string of the molecule is COc1ccc([C@H](C)N)c(OCCc2ccccn2)c1. The Bertz CT molecular complexity index is 541. The number of nitrogens with zero attached hydrogens (tertiary/aromatic N) is 1. The first-order chi connectivity index (χ1) is 9.70. The lowest BCUT2D eigenvalue weighted by atomic mass is 10.1. The lowest BCUT2D eigenvalue weighted by Gasteiger charge is -2.15. The van der Waals surface area contributed by atoms with Gasteiger partial charge in [0.15, 0.2) is 0 Å². The maximum atomic E-state index is 5.96. The van der Waals surface area contributed by atoms with E-state index in [9.17, 15) is 0 Å². The van der Waals surface area contributed by atoms with Gasteiger partial charge in [0.2, 0.25) is 0 Å². The second-order valence-corrected chi connectivity index (χ2v) is 4.61. The molecule has 0 unspecified atom stereocenters. The number of nitrogens with two attached hydrogens (primary N) is 1. The molecule has 0 spiro atoms. The van der Waals surface area contributed by atoms with E-state index in [0.717, 1.165) is 29.2 Å². The van der Waals surface area contributed by atoms with Crippen molar-refractivity contribution in [1.82, 2.24) is 4.98 Å². The smallest absolute Gasteiger partial charge is 0.127 e. The van der Waals surface area contributed by atoms with Crippen LogP contribution in [0, 0.1) is 0 Å². The fourth-order valence-electron chi connectivity index (χ4n) is 1.95. The summed E-state index contributed by atoms with van der Waals surface area (Å²) < 4.78 is 11.1. The molecule has 0 amide bonds. The van der Waals surface area contributed by atoms with Gasteiger partial charge in [0.25, 0.3) is 0 Å². The van der Waals surface area contributed by atoms with E-state index in [0.29, 0.717) is 6.61 Å². The van der Waals surface area contributed by atoms with Crippen molar-refractivity contribution < 1.29 is 9.47 Å². The average Bonchev–Trinajstić information content (AvgIpc) is 2.48. The van der Waals surface area contributed by atoms with Crippen LogP contribution >= 0.6 is 0 Å². The summed E-state index contributed by atoms with van der Waals surface area (Å²) in [5.74, 6) is 1.54. The van der Waals surface area contributed by atoms with E-state index in [1.807, 2.05) is 43.3 Å². The van der Waals surface area contributed by atoms with Crippen molar-refractivity contribution in [2.75, 3.05) is 13.7 Å². The van der Waals surface area contributed by atoms with Crippen molar-refractivity contribution >= 4 is 0 Å². The van der Waals surface area contributed by atoms with Crippen molar-refractivity contribution in [3.05, 3.63) is 53.9 Å². The van der Waals surface area contributed by atoms with Gasteiger partial charge in [-0.15, -0.1) is 0 Å². The second-order valence-electron chi connectivity index (χ2n) is 4.61. The summed E-state index contributed by atoms with van der Waals surface area (Å²) in [6, 6.07) is 11.5. The van der Waals surface area contributed by atoms with Gasteiger partial charge in [0.1, 0.15) is 11.5 Å². The van der Waals surface area contributed by atoms with Crippen molar-refractivity contribution in [2.24, 2.45) is 5.73 Å². The number of pyridine rings is 1. The number of hydrogen-bond acceptors (Lipinski definition) is 4. The average molecular weight is 272 g/mol. The minimum Gasteiger partial charge on any atom is -0.497 e. The molecular formula is C16H20N2O2. The standard InChI is InChI=1S/C16H20N2O2/c1-12(17)15-7-6-14(19-2)11-16(15)20-10-8-13-5-3-4-9-18-13/h3-7,9,11-12H,8,10,17H2,1-2H3/t12-/m0/s1. The highest BCUT2D eigenvalue weighted by atomic mass is 16.5. The van der Waals surface area contributed by atoms with Crippen molar-refractivity contribution in [1.29, 1.82) is 0 Å². The van der Waals surface area contributed by atoms with Gasteiger partial charge in [-0.05, 0) is 25.1 Å². The summed E-state index contributed by atoms with van der Waals surface area (Å²) in [4.78, 5) is 4.27. The molecule has 0 saturated heterocycles. The van der Waals surface area contributed by atoms with Gasteiger partial charge in [-0.2, -0.15) is 0 Å². The van der Waals surface area contributed by atoms with Crippen molar-refractivity contribution in [3.8, 4) is 11.5 Å². The molecule has 0 aliphatic carbocycles. The fourth-order valence-corrected chi connectivity index (χ4v) is 1.95. The molecule has 0 aliphatic rings. The first-order valence-corrected chi connectivity index (χ1v) is 6.67. The maximum absolute atomic E-state index is 5.96. The summed E-state index contributed by atoms with van der Waals surface area (Å²) in [7, 11) is 1.64. The van der Waals surface area contributed by atoms with E-state index in [2.05, 4.69) is 4.98 Å². The van der Waals surface area contributed by atoms with Gasteiger partial charge < -0.3 is 15.2 Å². The highest BCUT2D eigenvalue weighted by Gasteiger charge is 2.09. The van der Waals surface area contributed by atoms with Gasteiger partial charge in [-0.1, -0.05) is 12.1 Å². The van der Waals surface area contributed by atoms with Gasteiger partial charge in [0.05, 0.1) is 13.7 Å². The zero-order valence-electron chi connectivity index (χ0n) is 11.9. The van der Waals surface area contributed by atoms with Gasteiger partial charge >= 0.3 is 0 Å². The lowest BCUT2D eigenvalue weighted by Crippen LogP contribution is -2.10. The van der Waals surface area contributed by atoms with Gasteiger partial charge in [-0.3, -0.25) is 4.98 Å². The normalized spacial score (nSPS) is 11.9. The first-order valence-electron chi connectivity index (χ1n) is 6.67. The van der Waals surface area contributed by atoms with Crippen LogP contribution in [-0.2, 0) is 6.42 Å². The van der Waals surface area contributed by atoms with Crippen LogP contribution in [0.5, 0.6) is 11.5 Å². The van der Waals surface area contributed by atoms with Crippen LogP contribution < -0.4 is 15.2 Å². The third-order valence-electron chi connectivity index (χ3n) is 3.05. The predicted molar refractivity (Wildman–Crippen MR) is 79.0 cm³/mol. The van der Waals surface area contributed by atoms with E-state index in [1.54, 1.807) is 13.3 Å². The molecule has 4 nitrogen and oxygen atoms in total. The molecule has 0 saturated carbocycles. The fraction of sp³-hybridized carbons (Fsp3) is 0.312. The zero-order valence-corrected chi connectivity index (χ0v) is 11.9. The van der Waals surface area contributed by atoms with Crippen LogP contribution in [0.1, 0.15) is 24.2 Å². The number of hydrogen-bond donors (Lipinski definition) is 1. The highest BCUT2D eigenvalue weighted by molar-refractivity contribution is 5.42. The molecule has 20 heavy (non-hydrogen) atoms. The monoisotopic (exact) mass is 272 g/mol. The third kappa shape index (κ3) is 3.71. The van der Waals surface area contributed by atoms with Crippen molar-refractivity contribution in [3.63, 3.8) is 0 Å². The van der Waals surface area contributed by atoms with E-state index >= 15 is 0 Å². The summed E-state index contributed by atoms with van der Waals surface area (Å²) in [5, 5.41) is 0. The number of rotatable bonds is 6. The molecule has 4 heteroatoms. The molecule has 2 aromatic rings. The Morgan fingerprint density at radius 1 is 1.25 bits per heavy atom. The van der Waals surface area contributed by atoms with E-state index < -0.39 is 0 Å². The van der Waals surface area contributed by atoms with Crippen LogP contribution in [0.25, 0.3) is 0 Å². The first kappa shape index (κ1) is 14.3. The molecule has 0 radical (unpaired) electrons. The molecule has 0 fully saturated rings. The largest absolute Gasteiger partial charge is 0.497 e. The van der Waals surface area contributed by atoms with Gasteiger partial charge in [-0.25, -0.2) is 0 Å². The zero-order chi connectivity index (χ0) is 14.4. The van der Waals surface area contributed by atoms with Gasteiger partial charge in [0, 0.05) is 36.0 Å². The Morgan fingerprint density at radius 2 is 2.10 bits per heavy atom. The maximum Gasteiger partial charge on any atom is 0.127 e. The van der Waals surface area contributed by atoms with Crippen LogP contribution in [0.2, 0.25) is 0 Å². The van der Waals surface area contributed by atoms with E-state index in [-0.39, 0.29) is 6.04 Å². The molecule has 106 valence electrons. The predicted octanol–water partition coefficient (Wildman–Crippen LogP) is 2.73. The van der Waals surface area contributed by atoms with Crippen molar-refractivity contribution in [2.45, 2.75) is 19.4 Å². The Hall–Kier alpha value is -2.07. The molecule has 1 aromatic heterocycles. The Labute approximate surface area is 119 Å². The second kappa shape index (κ2) is 6.91. The number of benzene rings is 1. The van der Waals surface area contributed by atoms with E-state index in [4.69, 9.17) is 15.2 Å². The number of methoxy groups -OCH3 is 1. The Kier molecular flexibility index (Phi) is 4.96. The summed E-state index contributed by atoms with van der Waals surface area (Å²) in [6.45, 7) is 2.50. The quantitative estimate of drug-likeness (QED) is 0.878. The summed E-state index contributed by atoms with van der Waals surface area (Å²) in [5.41, 5.74) is 7.95. The lowest BCUT2D eigenvalue weighted by molar-refractivity contribution is 0.312. The minimum atomic E-state index is -0.0780. The Morgan fingerprint density at radius 3 is 2.75 bits per heavy atom. The van der Waals surface area contributed by atoms with Crippen LogP contribution in [-0.4, -0.2) is 18.7 Å². The third-order valence-corrected chi connectivity index (χ3v) is 3.05. The molecule has 1 atom stereocenters. The van der Waals surface area contributed by atoms with Crippen LogP contribution in [0.4, 0.5) is 0 Å². The highest BCUT2D eigenvalue weighted by Crippen LogP contribution is 2.28. The minimum absolute atomic E-state index is 0.0780. The number of ether oxygens (including phenoxy) is 2. The molecule has 0 aliphatic heterocycles. The topological polar surface area (TPSA) is 57.4 Å². The molecule has 2 N–H and O–H groups in total. The Balaban J connectivity index is 2.04. The molecular weight excluding hydrogens is 252 g/mol.